The number of fused-ring (bicyclic) bond motifs is 1. The summed E-state index contributed by atoms with van der Waals surface area (Å²) in [6.45, 7) is 4.61. The van der Waals surface area contributed by atoms with E-state index in [0.717, 1.165) is 30.5 Å². The van der Waals surface area contributed by atoms with Crippen LogP contribution < -0.4 is 10.6 Å². The summed E-state index contributed by atoms with van der Waals surface area (Å²) < 4.78 is 0. The molecule has 5 nitrogen and oxygen atoms in total. The molecule has 1 aromatic carbocycles. The van der Waals surface area contributed by atoms with Crippen molar-refractivity contribution in [3.63, 3.8) is 0 Å². The Morgan fingerprint density at radius 2 is 2.08 bits per heavy atom. The minimum absolute atomic E-state index is 0. The Bertz CT molecular complexity index is 662. The summed E-state index contributed by atoms with van der Waals surface area (Å²) in [7, 11) is 0. The third kappa shape index (κ3) is 4.61. The van der Waals surface area contributed by atoms with Crippen LogP contribution >= 0.6 is 12.4 Å². The minimum atomic E-state index is -0.233. The van der Waals surface area contributed by atoms with Crippen molar-refractivity contribution in [1.29, 1.82) is 0 Å². The average Bonchev–Trinajstić information content (AvgIpc) is 2.54. The number of benzene rings is 1. The molecule has 0 bridgehead atoms. The first-order valence-electron chi connectivity index (χ1n) is 8.63. The predicted octanol–water partition coefficient (Wildman–Crippen LogP) is 2.63. The Morgan fingerprint density at radius 3 is 2.80 bits per heavy atom. The Kier molecular flexibility index (Phi) is 6.62. The molecule has 1 saturated heterocycles. The molecule has 0 spiro atoms. The number of carbonyl (C=O) groups is 2. The van der Waals surface area contributed by atoms with Crippen molar-refractivity contribution in [3.8, 4) is 0 Å². The summed E-state index contributed by atoms with van der Waals surface area (Å²) in [6.07, 6.45) is 5.91. The van der Waals surface area contributed by atoms with Crippen LogP contribution in [0, 0.1) is 0 Å². The molecule has 2 N–H and O–H groups in total. The van der Waals surface area contributed by atoms with Gasteiger partial charge in [0.05, 0.1) is 12.5 Å². The number of hydrogen-bond donors (Lipinski definition) is 2. The highest BCUT2D eigenvalue weighted by Gasteiger charge is 2.29. The van der Waals surface area contributed by atoms with Gasteiger partial charge in [0.25, 0.3) is 0 Å². The number of hydrogen-bond acceptors (Lipinski definition) is 3. The van der Waals surface area contributed by atoms with Gasteiger partial charge in [-0.05, 0) is 43.5 Å². The van der Waals surface area contributed by atoms with E-state index in [-0.39, 0.29) is 36.3 Å². The van der Waals surface area contributed by atoms with E-state index in [2.05, 4.69) is 17.6 Å². The smallest absolute Gasteiger partial charge is 0.223 e. The van der Waals surface area contributed by atoms with Crippen molar-refractivity contribution in [2.24, 2.45) is 0 Å². The van der Waals surface area contributed by atoms with Crippen LogP contribution in [-0.2, 0) is 9.59 Å². The van der Waals surface area contributed by atoms with E-state index in [4.69, 9.17) is 0 Å². The van der Waals surface area contributed by atoms with Crippen LogP contribution in [0.25, 0.3) is 6.08 Å². The zero-order valence-corrected chi connectivity index (χ0v) is 15.5. The zero-order valence-electron chi connectivity index (χ0n) is 14.7. The third-order valence-corrected chi connectivity index (χ3v) is 4.84. The molecule has 2 aliphatic rings. The largest absolute Gasteiger partial charge is 0.353 e. The molecule has 0 radical (unpaired) electrons. The number of nitrogens with zero attached hydrogens (tertiary/aromatic N) is 1. The van der Waals surface area contributed by atoms with E-state index < -0.39 is 0 Å². The first-order valence-corrected chi connectivity index (χ1v) is 8.63. The summed E-state index contributed by atoms with van der Waals surface area (Å²) in [5, 5.41) is 6.53. The van der Waals surface area contributed by atoms with E-state index in [1.54, 1.807) is 11.1 Å². The molecule has 136 valence electrons. The van der Waals surface area contributed by atoms with Crippen LogP contribution in [-0.4, -0.2) is 35.3 Å². The van der Waals surface area contributed by atoms with Crippen LogP contribution in [0.3, 0.4) is 0 Å². The van der Waals surface area contributed by atoms with Gasteiger partial charge in [0, 0.05) is 25.2 Å². The molecule has 1 aromatic rings. The van der Waals surface area contributed by atoms with Crippen molar-refractivity contribution in [2.75, 3.05) is 6.54 Å². The number of piperidine rings is 1. The highest BCUT2D eigenvalue weighted by atomic mass is 35.5. The van der Waals surface area contributed by atoms with Gasteiger partial charge >= 0.3 is 0 Å². The molecule has 0 aliphatic carbocycles. The maximum atomic E-state index is 12.6. The highest BCUT2D eigenvalue weighted by Crippen LogP contribution is 2.32. The summed E-state index contributed by atoms with van der Waals surface area (Å²) in [5.74, 6) is -0.0375. The molecule has 1 fully saturated rings. The minimum Gasteiger partial charge on any atom is -0.353 e. The van der Waals surface area contributed by atoms with Gasteiger partial charge in [-0.25, -0.2) is 0 Å². The van der Waals surface area contributed by atoms with Gasteiger partial charge in [-0.3, -0.25) is 9.59 Å². The molecule has 25 heavy (non-hydrogen) atoms. The maximum absolute atomic E-state index is 12.6. The van der Waals surface area contributed by atoms with Gasteiger partial charge < -0.3 is 15.5 Å². The fourth-order valence-corrected chi connectivity index (χ4v) is 3.64. The van der Waals surface area contributed by atoms with Gasteiger partial charge in [0.1, 0.15) is 0 Å². The Hall–Kier alpha value is -1.85. The van der Waals surface area contributed by atoms with E-state index >= 15 is 0 Å². The predicted molar refractivity (Wildman–Crippen MR) is 101 cm³/mol. The lowest BCUT2D eigenvalue weighted by molar-refractivity contribution is -0.130. The summed E-state index contributed by atoms with van der Waals surface area (Å²) in [4.78, 5) is 26.2. The number of rotatable bonds is 3. The Morgan fingerprint density at radius 1 is 1.32 bits per heavy atom. The van der Waals surface area contributed by atoms with Gasteiger partial charge in [-0.2, -0.15) is 0 Å². The number of nitrogens with one attached hydrogen (secondary N) is 2. The van der Waals surface area contributed by atoms with E-state index in [1.165, 1.54) is 6.92 Å². The molecular formula is C19H26ClN3O2. The standard InChI is InChI=1S/C19H25N3O2.ClH/c1-13-11-16(7-9-20-13)21-19(24)12-18-17-6-4-3-5-15(17)8-10-22(18)14(2)23;/h3-6,8,10,13,16,18,20H,7,9,11-12H2,1-2H3,(H,21,24);1H. The van der Waals surface area contributed by atoms with Crippen molar-refractivity contribution >= 4 is 30.3 Å². The van der Waals surface area contributed by atoms with Gasteiger partial charge in [0.15, 0.2) is 0 Å². The molecule has 2 heterocycles. The number of carbonyl (C=O) groups excluding carboxylic acids is 2. The first-order chi connectivity index (χ1) is 11.5. The summed E-state index contributed by atoms with van der Waals surface area (Å²) >= 11 is 0. The van der Waals surface area contributed by atoms with Crippen molar-refractivity contribution in [2.45, 2.75) is 51.2 Å². The topological polar surface area (TPSA) is 61.4 Å². The lowest BCUT2D eigenvalue weighted by atomic mass is 9.93. The Balaban J connectivity index is 0.00000225. The normalized spacial score (nSPS) is 24.9. The average molecular weight is 364 g/mol. The third-order valence-electron chi connectivity index (χ3n) is 4.84. The molecule has 3 unspecified atom stereocenters. The zero-order chi connectivity index (χ0) is 17.1. The van der Waals surface area contributed by atoms with Crippen LogP contribution in [0.15, 0.2) is 30.5 Å². The van der Waals surface area contributed by atoms with Crippen LogP contribution in [0.2, 0.25) is 0 Å². The highest BCUT2D eigenvalue weighted by molar-refractivity contribution is 5.85. The van der Waals surface area contributed by atoms with Crippen LogP contribution in [0.4, 0.5) is 0 Å². The van der Waals surface area contributed by atoms with Crippen molar-refractivity contribution in [3.05, 3.63) is 41.6 Å². The van der Waals surface area contributed by atoms with Crippen molar-refractivity contribution in [1.82, 2.24) is 15.5 Å². The van der Waals surface area contributed by atoms with Gasteiger partial charge in [-0.1, -0.05) is 24.3 Å². The fourth-order valence-electron chi connectivity index (χ4n) is 3.64. The summed E-state index contributed by atoms with van der Waals surface area (Å²) in [5.41, 5.74) is 2.10. The molecule has 6 heteroatoms. The second-order valence-corrected chi connectivity index (χ2v) is 6.73. The molecule has 2 aliphatic heterocycles. The van der Waals surface area contributed by atoms with E-state index in [0.29, 0.717) is 12.5 Å². The Labute approximate surface area is 155 Å². The van der Waals surface area contributed by atoms with E-state index in [1.807, 2.05) is 30.3 Å². The maximum Gasteiger partial charge on any atom is 0.223 e. The summed E-state index contributed by atoms with van der Waals surface area (Å²) in [6, 6.07) is 8.35. The number of amides is 2. The fraction of sp³-hybridized carbons (Fsp3) is 0.474. The lowest BCUT2D eigenvalue weighted by Crippen LogP contribution is -2.47. The second kappa shape index (κ2) is 8.50. The monoisotopic (exact) mass is 363 g/mol. The van der Waals surface area contributed by atoms with Crippen LogP contribution in [0.5, 0.6) is 0 Å². The molecule has 0 aromatic heterocycles. The SMILES string of the molecule is CC(=O)N1C=Cc2ccccc2C1CC(=O)NC1CCNC(C)C1.Cl. The molecular weight excluding hydrogens is 338 g/mol. The van der Waals surface area contributed by atoms with Gasteiger partial charge in [0.2, 0.25) is 11.8 Å². The van der Waals surface area contributed by atoms with Crippen LogP contribution in [0.1, 0.15) is 50.3 Å². The quantitative estimate of drug-likeness (QED) is 0.867. The second-order valence-electron chi connectivity index (χ2n) is 6.73. The number of halogens is 1. The van der Waals surface area contributed by atoms with E-state index in [9.17, 15) is 9.59 Å². The lowest BCUT2D eigenvalue weighted by Gasteiger charge is -2.33. The van der Waals surface area contributed by atoms with Gasteiger partial charge in [-0.15, -0.1) is 12.4 Å². The molecule has 3 rings (SSSR count). The first kappa shape index (κ1) is 19.5. The molecule has 2 amide bonds. The van der Waals surface area contributed by atoms with Crippen molar-refractivity contribution < 1.29 is 9.59 Å². The molecule has 0 saturated carbocycles. The molecule has 3 atom stereocenters.